The highest BCUT2D eigenvalue weighted by atomic mass is 79.9. The van der Waals surface area contributed by atoms with Crippen LogP contribution in [0.5, 0.6) is 0 Å². The topological polar surface area (TPSA) is 0 Å². The average Bonchev–Trinajstić information content (AvgIpc) is 3.23. The second kappa shape index (κ2) is 18.6. The van der Waals surface area contributed by atoms with Gasteiger partial charge in [-0.15, -0.1) is 0 Å². The first-order valence-corrected chi connectivity index (χ1v) is 26.5. The monoisotopic (exact) mass is 1040 g/mol. The van der Waals surface area contributed by atoms with E-state index in [9.17, 15) is 0 Å². The van der Waals surface area contributed by atoms with E-state index in [-0.39, 0.29) is 0 Å². The number of rotatable bonds is 8. The van der Waals surface area contributed by atoms with E-state index >= 15 is 0 Å². The summed E-state index contributed by atoms with van der Waals surface area (Å²) in [7, 11) is -4.87. The molecule has 0 spiro atoms. The summed E-state index contributed by atoms with van der Waals surface area (Å²) >= 11 is 14.4. The van der Waals surface area contributed by atoms with Gasteiger partial charge in [-0.05, 0) is 118 Å². The van der Waals surface area contributed by atoms with Crippen LogP contribution in [0.3, 0.4) is 0 Å². The third-order valence-corrected chi connectivity index (χ3v) is 22.8. The van der Waals surface area contributed by atoms with Crippen LogP contribution in [0.4, 0.5) is 0 Å². The van der Waals surface area contributed by atoms with Crippen LogP contribution in [0.1, 0.15) is 22.3 Å². The number of benzene rings is 8. The molecule has 0 unspecified atom stereocenters. The predicted octanol–water partition coefficient (Wildman–Crippen LogP) is 10.4. The molecule has 288 valence electrons. The lowest BCUT2D eigenvalue weighted by molar-refractivity contribution is 1.46. The Hall–Kier alpha value is -3.89. The van der Waals surface area contributed by atoms with Crippen molar-refractivity contribution >= 4 is 121 Å². The molecule has 0 fully saturated rings. The van der Waals surface area contributed by atoms with Crippen LogP contribution < -0.4 is 41.5 Å². The summed E-state index contributed by atoms with van der Waals surface area (Å²) in [6, 6.07) is 72.1. The van der Waals surface area contributed by atoms with E-state index in [0.29, 0.717) is 0 Å². The van der Waals surface area contributed by atoms with E-state index in [1.54, 1.807) is 0 Å². The zero-order chi connectivity index (χ0) is 40.9. The van der Waals surface area contributed by atoms with Crippen molar-refractivity contribution in [2.45, 2.75) is 27.7 Å². The van der Waals surface area contributed by atoms with Gasteiger partial charge in [-0.3, -0.25) is 0 Å². The summed E-state index contributed by atoms with van der Waals surface area (Å²) in [6.45, 7) is 8.65. The Morgan fingerprint density at radius 3 is 0.466 bits per heavy atom. The van der Waals surface area contributed by atoms with Gasteiger partial charge in [-0.2, -0.15) is 0 Å². The fourth-order valence-electron chi connectivity index (χ4n) is 8.01. The number of halogens is 4. The fraction of sp³-hybridized carbons (Fsp3) is 0.0769. The van der Waals surface area contributed by atoms with E-state index in [0.717, 1.165) is 17.9 Å². The Morgan fingerprint density at radius 2 is 0.328 bits per heavy atom. The second-order valence-electron chi connectivity index (χ2n) is 15.0. The molecule has 8 aromatic carbocycles. The Morgan fingerprint density at radius 1 is 0.207 bits per heavy atom. The first kappa shape index (κ1) is 42.2. The van der Waals surface area contributed by atoms with E-state index in [2.05, 4.69) is 286 Å². The Balaban J connectivity index is 0.000000177. The van der Waals surface area contributed by atoms with Crippen molar-refractivity contribution in [3.8, 4) is 0 Å². The molecule has 58 heavy (non-hydrogen) atoms. The van der Waals surface area contributed by atoms with Gasteiger partial charge in [0.2, 0.25) is 0 Å². The van der Waals surface area contributed by atoms with E-state index in [1.807, 2.05) is 0 Å². The lowest BCUT2D eigenvalue weighted by Crippen LogP contribution is -2.74. The van der Waals surface area contributed by atoms with Crippen molar-refractivity contribution in [3.63, 3.8) is 0 Å². The summed E-state index contributed by atoms with van der Waals surface area (Å²) in [5.74, 6) is 0. The zero-order valence-corrected chi connectivity index (χ0v) is 41.3. The third-order valence-electron chi connectivity index (χ3n) is 11.0. The van der Waals surface area contributed by atoms with Crippen molar-refractivity contribution in [2.75, 3.05) is 0 Å². The average molecular weight is 1040 g/mol. The molecule has 0 N–H and O–H groups in total. The smallest absolute Gasteiger partial charge is 0.0616 e. The highest BCUT2D eigenvalue weighted by Crippen LogP contribution is 2.18. The highest BCUT2D eigenvalue weighted by Gasteiger charge is 2.42. The predicted molar refractivity (Wildman–Crippen MR) is 270 cm³/mol. The normalized spacial score (nSPS) is 11.4. The van der Waals surface area contributed by atoms with Crippen LogP contribution in [0.25, 0.3) is 0 Å². The maximum Gasteiger partial charge on any atom is 0.179 e. The molecule has 0 saturated carbocycles. The van der Waals surface area contributed by atoms with Gasteiger partial charge in [-0.25, -0.2) is 0 Å². The highest BCUT2D eigenvalue weighted by molar-refractivity contribution is 9.11. The van der Waals surface area contributed by atoms with Gasteiger partial charge in [0.25, 0.3) is 0 Å². The first-order valence-electron chi connectivity index (χ1n) is 19.3. The lowest BCUT2D eigenvalue weighted by atomic mass is 10.2. The van der Waals surface area contributed by atoms with E-state index in [4.69, 9.17) is 0 Å². The summed E-state index contributed by atoms with van der Waals surface area (Å²) in [4.78, 5) is 0. The van der Waals surface area contributed by atoms with Gasteiger partial charge in [0.15, 0.2) is 16.1 Å². The molecule has 6 heteroatoms. The molecule has 8 rings (SSSR count). The summed E-state index contributed by atoms with van der Waals surface area (Å²) < 4.78 is 4.36. The van der Waals surface area contributed by atoms with Gasteiger partial charge in [-0.1, -0.05) is 232 Å². The molecular weight excluding hydrogens is 1000 g/mol. The molecule has 0 amide bonds. The second-order valence-corrected chi connectivity index (χ2v) is 26.3. The van der Waals surface area contributed by atoms with E-state index in [1.165, 1.54) is 63.7 Å². The summed E-state index contributed by atoms with van der Waals surface area (Å²) in [5.41, 5.74) is 5.20. The number of aryl methyl sites for hydroxylation is 4. The maximum absolute atomic E-state index is 3.61. The van der Waals surface area contributed by atoms with Crippen molar-refractivity contribution in [3.05, 3.63) is 234 Å². The van der Waals surface area contributed by atoms with Crippen molar-refractivity contribution < 1.29 is 0 Å². The molecule has 0 bridgehead atoms. The van der Waals surface area contributed by atoms with Crippen LogP contribution in [0, 0.1) is 27.7 Å². The van der Waals surface area contributed by atoms with Crippen molar-refractivity contribution in [2.24, 2.45) is 0 Å². The molecule has 8 aromatic rings. The first-order chi connectivity index (χ1) is 28.0. The van der Waals surface area contributed by atoms with Crippen molar-refractivity contribution in [1.29, 1.82) is 0 Å². The fourth-order valence-corrected chi connectivity index (χ4v) is 18.4. The van der Waals surface area contributed by atoms with Crippen LogP contribution in [0.15, 0.2) is 212 Å². The SMILES string of the molecule is Brc1ccc([Si](c2ccc(Br)cc2)(c2ccc(Br)cc2)c2ccc(Br)cc2)cc1.Cc1ccc([Si](c2ccc(C)cc2)(c2ccc(C)cc2)c2ccc(C)cc2)cc1. The largest absolute Gasteiger partial charge is 0.179 e. The van der Waals surface area contributed by atoms with Crippen LogP contribution >= 0.6 is 63.7 Å². The Labute approximate surface area is 380 Å². The molecule has 0 nitrogen and oxygen atoms in total. The van der Waals surface area contributed by atoms with Gasteiger partial charge in [0.1, 0.15) is 0 Å². The summed E-state index contributed by atoms with van der Waals surface area (Å²) in [5, 5.41) is 11.1. The molecule has 0 saturated heterocycles. The van der Waals surface area contributed by atoms with Crippen LogP contribution in [-0.4, -0.2) is 16.1 Å². The molecular formula is C52H44Br4Si2. The minimum Gasteiger partial charge on any atom is -0.0616 e. The molecule has 0 aliphatic carbocycles. The molecule has 0 heterocycles. The Bertz CT molecular complexity index is 2010. The van der Waals surface area contributed by atoms with Crippen LogP contribution in [0.2, 0.25) is 0 Å². The number of hydrogen-bond donors (Lipinski definition) is 0. The number of hydrogen-bond acceptors (Lipinski definition) is 0. The lowest BCUT2D eigenvalue weighted by Gasteiger charge is -2.34. The third kappa shape index (κ3) is 8.84. The zero-order valence-electron chi connectivity index (χ0n) is 33.0. The van der Waals surface area contributed by atoms with E-state index < -0.39 is 16.1 Å². The molecule has 0 aliphatic rings. The van der Waals surface area contributed by atoms with Gasteiger partial charge in [0.05, 0.1) is 0 Å². The Kier molecular flexibility index (Phi) is 13.5. The summed E-state index contributed by atoms with van der Waals surface area (Å²) in [6.07, 6.45) is 0. The molecule has 0 aromatic heterocycles. The molecule has 0 aliphatic heterocycles. The van der Waals surface area contributed by atoms with Gasteiger partial charge in [0, 0.05) is 17.9 Å². The quantitative estimate of drug-likeness (QED) is 0.105. The minimum atomic E-state index is -2.48. The molecule has 0 radical (unpaired) electrons. The molecule has 0 atom stereocenters. The van der Waals surface area contributed by atoms with Gasteiger partial charge >= 0.3 is 0 Å². The van der Waals surface area contributed by atoms with Gasteiger partial charge < -0.3 is 0 Å². The standard InChI is InChI=1S/C28H28Si.C24H16Br4Si/c1-21-5-13-25(14-6-21)29(26-15-7-22(2)8-16-26,27-17-9-23(3)10-18-27)28-19-11-24(4)12-20-28;25-17-1-9-21(10-2-17)29(22-11-3-18(26)4-12-22,23-13-5-19(27)6-14-23)24-15-7-20(28)8-16-24/h5-20H,1-4H3;1-16H. The maximum atomic E-state index is 3.61. The van der Waals surface area contributed by atoms with Crippen LogP contribution in [-0.2, 0) is 0 Å². The minimum absolute atomic E-state index is 1.09. The van der Waals surface area contributed by atoms with Crippen molar-refractivity contribution in [1.82, 2.24) is 0 Å².